The van der Waals surface area contributed by atoms with Gasteiger partial charge >= 0.3 is 0 Å². The van der Waals surface area contributed by atoms with Crippen LogP contribution in [0.25, 0.3) is 22.2 Å². The van der Waals surface area contributed by atoms with Crippen molar-refractivity contribution in [3.63, 3.8) is 0 Å². The molecule has 8 heteroatoms. The lowest BCUT2D eigenvalue weighted by Crippen LogP contribution is -2.51. The molecule has 2 aromatic heterocycles. The third kappa shape index (κ3) is 3.84. The minimum absolute atomic E-state index is 0.0906. The molecule has 1 aliphatic heterocycles. The summed E-state index contributed by atoms with van der Waals surface area (Å²) < 4.78 is 14.3. The Morgan fingerprint density at radius 3 is 2.83 bits per heavy atom. The quantitative estimate of drug-likeness (QED) is 0.628. The molecule has 0 radical (unpaired) electrons. The van der Waals surface area contributed by atoms with Crippen LogP contribution in [-0.2, 0) is 0 Å². The smallest absolute Gasteiger partial charge is 0.272 e. The van der Waals surface area contributed by atoms with Crippen molar-refractivity contribution in [3.8, 4) is 11.3 Å². The maximum atomic E-state index is 14.3. The fourth-order valence-electron chi connectivity index (χ4n) is 3.60. The first-order valence-corrected chi connectivity index (χ1v) is 9.47. The Morgan fingerprint density at radius 1 is 1.21 bits per heavy atom. The Hall–Kier alpha value is -3.26. The van der Waals surface area contributed by atoms with Crippen LogP contribution in [0.3, 0.4) is 0 Å². The number of anilines is 2. The molecule has 0 unspecified atom stereocenters. The number of hydrogen-bond donors (Lipinski definition) is 3. The monoisotopic (exact) mass is 394 g/mol. The first-order valence-electron chi connectivity index (χ1n) is 9.47. The van der Waals surface area contributed by atoms with Gasteiger partial charge in [-0.2, -0.15) is 0 Å². The number of nitrogens with two attached hydrogens (primary N) is 2. The topological polar surface area (TPSA) is 110 Å². The molecule has 29 heavy (non-hydrogen) atoms. The number of piperidine rings is 1. The number of amides is 1. The number of carbonyl (C=O) groups is 1. The van der Waals surface area contributed by atoms with Crippen LogP contribution >= 0.6 is 0 Å². The van der Waals surface area contributed by atoms with Crippen LogP contribution in [0.15, 0.2) is 42.6 Å². The number of halogens is 1. The zero-order valence-corrected chi connectivity index (χ0v) is 16.1. The lowest BCUT2D eigenvalue weighted by atomic mass is 10.0. The minimum Gasteiger partial charge on any atom is -0.398 e. The molecule has 1 saturated heterocycles. The van der Waals surface area contributed by atoms with E-state index >= 15 is 0 Å². The van der Waals surface area contributed by atoms with Crippen molar-refractivity contribution in [2.45, 2.75) is 18.6 Å². The number of rotatable bonds is 3. The fraction of sp³-hybridized carbons (Fsp3) is 0.286. The number of benzene rings is 1. The van der Waals surface area contributed by atoms with E-state index in [1.165, 1.54) is 0 Å². The van der Waals surface area contributed by atoms with Crippen molar-refractivity contribution in [1.29, 1.82) is 0 Å². The lowest BCUT2D eigenvalue weighted by molar-refractivity contribution is 0.0818. The van der Waals surface area contributed by atoms with Crippen molar-refractivity contribution in [3.05, 3.63) is 48.3 Å². The number of nitrogens with one attached hydrogen (secondary N) is 1. The minimum atomic E-state index is -1.13. The number of pyridine rings is 2. The van der Waals surface area contributed by atoms with E-state index in [1.54, 1.807) is 24.4 Å². The molecule has 4 rings (SSSR count). The van der Waals surface area contributed by atoms with Crippen LogP contribution in [0.5, 0.6) is 0 Å². The van der Waals surface area contributed by atoms with Gasteiger partial charge in [-0.25, -0.2) is 9.37 Å². The Morgan fingerprint density at radius 2 is 2.03 bits per heavy atom. The molecule has 0 aliphatic carbocycles. The summed E-state index contributed by atoms with van der Waals surface area (Å²) in [5.74, 6) is -0.469. The first-order chi connectivity index (χ1) is 13.9. The molecule has 1 aromatic carbocycles. The van der Waals surface area contributed by atoms with Crippen LogP contribution in [0.1, 0.15) is 16.9 Å². The van der Waals surface area contributed by atoms with Crippen molar-refractivity contribution < 1.29 is 9.18 Å². The van der Waals surface area contributed by atoms with Crippen LogP contribution in [0.2, 0.25) is 0 Å². The highest BCUT2D eigenvalue weighted by molar-refractivity contribution is 5.98. The average Bonchev–Trinajstić information content (AvgIpc) is 2.70. The van der Waals surface area contributed by atoms with Crippen molar-refractivity contribution >= 4 is 28.2 Å². The maximum absolute atomic E-state index is 14.3. The van der Waals surface area contributed by atoms with Gasteiger partial charge in [0.2, 0.25) is 0 Å². The Balaban J connectivity index is 1.62. The van der Waals surface area contributed by atoms with E-state index in [4.69, 9.17) is 11.5 Å². The number of aromatic nitrogens is 2. The maximum Gasteiger partial charge on any atom is 0.272 e. The number of nitrogen functional groups attached to an aromatic ring is 2. The molecule has 150 valence electrons. The second-order valence-electron chi connectivity index (χ2n) is 7.41. The summed E-state index contributed by atoms with van der Waals surface area (Å²) in [7, 11) is 1.86. The van der Waals surface area contributed by atoms with Gasteiger partial charge in [-0.15, -0.1) is 0 Å². The summed E-state index contributed by atoms with van der Waals surface area (Å²) in [5, 5.41) is 3.56. The predicted molar refractivity (Wildman–Crippen MR) is 112 cm³/mol. The van der Waals surface area contributed by atoms with E-state index in [0.717, 1.165) is 23.0 Å². The van der Waals surface area contributed by atoms with Gasteiger partial charge < -0.3 is 21.7 Å². The van der Waals surface area contributed by atoms with Gasteiger partial charge in [0.1, 0.15) is 6.17 Å². The van der Waals surface area contributed by atoms with Gasteiger partial charge in [-0.1, -0.05) is 6.07 Å². The van der Waals surface area contributed by atoms with Crippen LogP contribution in [0.4, 0.5) is 15.8 Å². The highest BCUT2D eigenvalue weighted by Crippen LogP contribution is 2.27. The molecule has 0 bridgehead atoms. The average molecular weight is 394 g/mol. The molecule has 0 spiro atoms. The van der Waals surface area contributed by atoms with E-state index in [1.807, 2.05) is 30.1 Å². The van der Waals surface area contributed by atoms with Gasteiger partial charge in [0.25, 0.3) is 5.91 Å². The van der Waals surface area contributed by atoms with Gasteiger partial charge in [0.05, 0.1) is 22.9 Å². The van der Waals surface area contributed by atoms with E-state index in [-0.39, 0.29) is 11.4 Å². The van der Waals surface area contributed by atoms with Gasteiger partial charge in [0, 0.05) is 35.9 Å². The van der Waals surface area contributed by atoms with Crippen molar-refractivity contribution in [2.75, 3.05) is 31.6 Å². The Bertz CT molecular complexity index is 1070. The molecule has 3 heterocycles. The number of nitrogens with zero attached hydrogens (tertiary/aromatic N) is 3. The molecule has 1 aliphatic rings. The Labute approximate surface area is 167 Å². The van der Waals surface area contributed by atoms with Gasteiger partial charge in [-0.3, -0.25) is 9.78 Å². The molecule has 5 N–H and O–H groups in total. The van der Waals surface area contributed by atoms with E-state index in [9.17, 15) is 9.18 Å². The third-order valence-corrected chi connectivity index (χ3v) is 5.27. The highest BCUT2D eigenvalue weighted by Gasteiger charge is 2.29. The molecular formula is C21H23FN6O. The number of hydrogen-bond acceptors (Lipinski definition) is 6. The largest absolute Gasteiger partial charge is 0.398 e. The number of alkyl halides is 1. The zero-order valence-electron chi connectivity index (χ0n) is 16.1. The lowest BCUT2D eigenvalue weighted by Gasteiger charge is -2.32. The summed E-state index contributed by atoms with van der Waals surface area (Å²) in [6.45, 7) is 1.02. The number of fused-ring (bicyclic) bond motifs is 1. The Kier molecular flexibility index (Phi) is 5.02. The SMILES string of the molecule is CN1CC[C@@H](NC(=O)c2nc(-c3ccc4nccc(N)c4c3)ccc2N)[C@@H](F)C1. The second-order valence-corrected chi connectivity index (χ2v) is 7.41. The normalized spacial score (nSPS) is 19.9. The zero-order chi connectivity index (χ0) is 20.5. The van der Waals surface area contributed by atoms with Crippen molar-refractivity contribution in [2.24, 2.45) is 0 Å². The molecule has 7 nitrogen and oxygen atoms in total. The number of carbonyl (C=O) groups excluding carboxylic acids is 1. The summed E-state index contributed by atoms with van der Waals surface area (Å²) in [4.78, 5) is 23.4. The van der Waals surface area contributed by atoms with Crippen molar-refractivity contribution in [1.82, 2.24) is 20.2 Å². The summed E-state index contributed by atoms with van der Waals surface area (Å²) >= 11 is 0. The van der Waals surface area contributed by atoms with Crippen LogP contribution in [-0.4, -0.2) is 53.1 Å². The molecule has 3 aromatic rings. The van der Waals surface area contributed by atoms with E-state index in [0.29, 0.717) is 24.3 Å². The second kappa shape index (κ2) is 7.63. The van der Waals surface area contributed by atoms with E-state index in [2.05, 4.69) is 15.3 Å². The fourth-order valence-corrected chi connectivity index (χ4v) is 3.60. The van der Waals surface area contributed by atoms with Gasteiger partial charge in [-0.05, 0) is 43.8 Å². The van der Waals surface area contributed by atoms with Crippen LogP contribution in [0, 0.1) is 0 Å². The molecular weight excluding hydrogens is 371 g/mol. The summed E-state index contributed by atoms with van der Waals surface area (Å²) in [6.07, 6.45) is 1.07. The predicted octanol–water partition coefficient (Wildman–Crippen LogP) is 2.23. The molecule has 1 amide bonds. The van der Waals surface area contributed by atoms with E-state index < -0.39 is 18.1 Å². The molecule has 0 saturated carbocycles. The standard InChI is InChI=1S/C21H23FN6O/c1-28-9-7-19(14(22)11-28)27-21(29)20-16(24)3-5-17(26-20)12-2-4-18-13(10-12)15(23)6-8-25-18/h2-6,8,10,14,19H,7,9,11,24H2,1H3,(H2,23,25)(H,27,29)/t14-,19+/m0/s1. The molecule has 1 fully saturated rings. The van der Waals surface area contributed by atoms with Gasteiger partial charge in [0.15, 0.2) is 5.69 Å². The first kappa shape index (κ1) is 19.1. The summed E-state index contributed by atoms with van der Waals surface area (Å²) in [6, 6.07) is 10.2. The summed E-state index contributed by atoms with van der Waals surface area (Å²) in [5.41, 5.74) is 15.1. The molecule has 2 atom stereocenters. The third-order valence-electron chi connectivity index (χ3n) is 5.27. The highest BCUT2D eigenvalue weighted by atomic mass is 19.1. The number of likely N-dealkylation sites (tertiary alicyclic amines) is 1. The van der Waals surface area contributed by atoms with Crippen LogP contribution < -0.4 is 16.8 Å².